The molecule has 0 aliphatic carbocycles. The van der Waals surface area contributed by atoms with Crippen LogP contribution in [0.1, 0.15) is 18.4 Å². The lowest BCUT2D eigenvalue weighted by atomic mass is 10.0. The van der Waals surface area contributed by atoms with Gasteiger partial charge in [-0.15, -0.1) is 0 Å². The predicted octanol–water partition coefficient (Wildman–Crippen LogP) is 1.88. The Labute approximate surface area is 106 Å². The van der Waals surface area contributed by atoms with E-state index in [1.807, 2.05) is 10.6 Å². The summed E-state index contributed by atoms with van der Waals surface area (Å²) < 4.78 is 7.34. The third kappa shape index (κ3) is 2.31. The maximum Gasteiger partial charge on any atom is 0.157 e. The van der Waals surface area contributed by atoms with Gasteiger partial charge in [0.1, 0.15) is 12.1 Å². The second-order valence-corrected chi connectivity index (χ2v) is 4.91. The van der Waals surface area contributed by atoms with Gasteiger partial charge in [0.25, 0.3) is 0 Å². The Balaban J connectivity index is 1.75. The zero-order chi connectivity index (χ0) is 12.4. The zero-order valence-corrected chi connectivity index (χ0v) is 10.6. The van der Waals surface area contributed by atoms with Crippen molar-refractivity contribution in [3.05, 3.63) is 24.0 Å². The minimum Gasteiger partial charge on any atom is -0.381 e. The lowest BCUT2D eigenvalue weighted by Crippen LogP contribution is -2.25. The average Bonchev–Trinajstić information content (AvgIpc) is 2.85. The van der Waals surface area contributed by atoms with Crippen LogP contribution >= 0.6 is 0 Å². The number of aryl methyl sites for hydroxylation is 1. The Morgan fingerprint density at radius 3 is 3.28 bits per heavy atom. The number of pyridine rings is 1. The van der Waals surface area contributed by atoms with Gasteiger partial charge in [0.2, 0.25) is 0 Å². The van der Waals surface area contributed by atoms with Crippen LogP contribution in [0.5, 0.6) is 0 Å². The SMILES string of the molecule is Cc1cc(NCC2CCCOC2)n2ncnc2c1. The van der Waals surface area contributed by atoms with Crippen molar-refractivity contribution in [2.24, 2.45) is 5.92 Å². The van der Waals surface area contributed by atoms with Gasteiger partial charge in [-0.2, -0.15) is 9.61 Å². The molecule has 0 aromatic carbocycles. The highest BCUT2D eigenvalue weighted by Gasteiger charge is 2.14. The third-order valence-corrected chi connectivity index (χ3v) is 3.35. The molecule has 0 bridgehead atoms. The number of anilines is 1. The van der Waals surface area contributed by atoms with Crippen LogP contribution in [0.4, 0.5) is 5.82 Å². The van der Waals surface area contributed by atoms with Crippen molar-refractivity contribution in [3.8, 4) is 0 Å². The number of hydrogen-bond acceptors (Lipinski definition) is 4. The summed E-state index contributed by atoms with van der Waals surface area (Å²) in [5, 5.41) is 7.70. The van der Waals surface area contributed by atoms with Crippen LogP contribution in [0, 0.1) is 12.8 Å². The summed E-state index contributed by atoms with van der Waals surface area (Å²) in [5.74, 6) is 1.60. The van der Waals surface area contributed by atoms with Crippen molar-refractivity contribution in [2.75, 3.05) is 25.1 Å². The molecule has 5 nitrogen and oxygen atoms in total. The Morgan fingerprint density at radius 1 is 1.50 bits per heavy atom. The van der Waals surface area contributed by atoms with Crippen molar-refractivity contribution in [1.82, 2.24) is 14.6 Å². The maximum atomic E-state index is 5.49. The van der Waals surface area contributed by atoms with Gasteiger partial charge < -0.3 is 10.1 Å². The van der Waals surface area contributed by atoms with Crippen molar-refractivity contribution in [2.45, 2.75) is 19.8 Å². The number of aromatic nitrogens is 3. The maximum absolute atomic E-state index is 5.49. The fourth-order valence-electron chi connectivity index (χ4n) is 2.40. The predicted molar refractivity (Wildman–Crippen MR) is 69.8 cm³/mol. The largest absolute Gasteiger partial charge is 0.381 e. The van der Waals surface area contributed by atoms with Gasteiger partial charge in [0, 0.05) is 13.2 Å². The van der Waals surface area contributed by atoms with Crippen molar-refractivity contribution in [1.29, 1.82) is 0 Å². The topological polar surface area (TPSA) is 51.5 Å². The smallest absolute Gasteiger partial charge is 0.157 e. The fraction of sp³-hybridized carbons (Fsp3) is 0.538. The first-order valence-electron chi connectivity index (χ1n) is 6.45. The molecule has 1 fully saturated rings. The molecule has 2 aromatic heterocycles. The minimum atomic E-state index is 0.595. The van der Waals surface area contributed by atoms with Crippen molar-refractivity contribution < 1.29 is 4.74 Å². The van der Waals surface area contributed by atoms with E-state index in [9.17, 15) is 0 Å². The van der Waals surface area contributed by atoms with Gasteiger partial charge in [-0.25, -0.2) is 4.98 Å². The van der Waals surface area contributed by atoms with Crippen LogP contribution in [0.2, 0.25) is 0 Å². The normalized spacial score (nSPS) is 20.2. The van der Waals surface area contributed by atoms with Gasteiger partial charge in [0.15, 0.2) is 5.65 Å². The summed E-state index contributed by atoms with van der Waals surface area (Å²) in [6, 6.07) is 4.13. The first-order valence-corrected chi connectivity index (χ1v) is 6.45. The quantitative estimate of drug-likeness (QED) is 0.898. The Hall–Kier alpha value is -1.62. The van der Waals surface area contributed by atoms with E-state index in [-0.39, 0.29) is 0 Å². The molecule has 3 heterocycles. The van der Waals surface area contributed by atoms with E-state index in [4.69, 9.17) is 4.74 Å². The molecule has 1 N–H and O–H groups in total. The summed E-state index contributed by atoms with van der Waals surface area (Å²) in [5.41, 5.74) is 2.08. The number of ether oxygens (including phenoxy) is 1. The molecule has 96 valence electrons. The number of fused-ring (bicyclic) bond motifs is 1. The Kier molecular flexibility index (Phi) is 3.15. The zero-order valence-electron chi connectivity index (χ0n) is 10.6. The second-order valence-electron chi connectivity index (χ2n) is 4.91. The number of nitrogens with one attached hydrogen (secondary N) is 1. The molecule has 1 atom stereocenters. The van der Waals surface area contributed by atoms with Crippen LogP contribution in [-0.4, -0.2) is 34.4 Å². The van der Waals surface area contributed by atoms with Gasteiger partial charge in [-0.3, -0.25) is 0 Å². The highest BCUT2D eigenvalue weighted by molar-refractivity contribution is 5.51. The van der Waals surface area contributed by atoms with Gasteiger partial charge in [0.05, 0.1) is 6.61 Å². The van der Waals surface area contributed by atoms with E-state index >= 15 is 0 Å². The first-order chi connectivity index (χ1) is 8.83. The average molecular weight is 246 g/mol. The number of nitrogens with zero attached hydrogens (tertiary/aromatic N) is 3. The standard InChI is InChI=1S/C13H18N4O/c1-10-5-12(17-13(6-10)15-9-16-17)14-7-11-3-2-4-18-8-11/h5-6,9,11,14H,2-4,7-8H2,1H3. The van der Waals surface area contributed by atoms with E-state index < -0.39 is 0 Å². The monoisotopic (exact) mass is 246 g/mol. The molecular weight excluding hydrogens is 228 g/mol. The first kappa shape index (κ1) is 11.5. The summed E-state index contributed by atoms with van der Waals surface area (Å²) >= 11 is 0. The van der Waals surface area contributed by atoms with Crippen molar-refractivity contribution in [3.63, 3.8) is 0 Å². The molecule has 0 saturated carbocycles. The second kappa shape index (κ2) is 4.94. The van der Waals surface area contributed by atoms with E-state index in [1.165, 1.54) is 18.4 Å². The number of rotatable bonds is 3. The summed E-state index contributed by atoms with van der Waals surface area (Å²) in [6.07, 6.45) is 3.99. The Bertz CT molecular complexity index is 531. The Morgan fingerprint density at radius 2 is 2.44 bits per heavy atom. The minimum absolute atomic E-state index is 0.595. The van der Waals surface area contributed by atoms with Gasteiger partial charge in [-0.1, -0.05) is 0 Å². The molecule has 18 heavy (non-hydrogen) atoms. The molecule has 1 unspecified atom stereocenters. The van der Waals surface area contributed by atoms with Crippen LogP contribution in [-0.2, 0) is 4.74 Å². The van der Waals surface area contributed by atoms with E-state index in [0.717, 1.165) is 31.2 Å². The fourth-order valence-corrected chi connectivity index (χ4v) is 2.40. The molecule has 0 spiro atoms. The van der Waals surface area contributed by atoms with Crippen LogP contribution in [0.15, 0.2) is 18.5 Å². The van der Waals surface area contributed by atoms with Crippen LogP contribution in [0.25, 0.3) is 5.65 Å². The molecule has 2 aromatic rings. The molecule has 1 aliphatic heterocycles. The molecular formula is C13H18N4O. The number of hydrogen-bond donors (Lipinski definition) is 1. The molecule has 1 saturated heterocycles. The van der Waals surface area contributed by atoms with E-state index in [2.05, 4.69) is 28.4 Å². The summed E-state index contributed by atoms with van der Waals surface area (Å²) in [6.45, 7) is 4.77. The molecule has 1 aliphatic rings. The molecule has 3 rings (SSSR count). The molecule has 5 heteroatoms. The van der Waals surface area contributed by atoms with Crippen molar-refractivity contribution >= 4 is 11.5 Å². The summed E-state index contributed by atoms with van der Waals surface area (Å²) in [7, 11) is 0. The highest BCUT2D eigenvalue weighted by atomic mass is 16.5. The lowest BCUT2D eigenvalue weighted by molar-refractivity contribution is 0.0594. The van der Waals surface area contributed by atoms with Gasteiger partial charge >= 0.3 is 0 Å². The molecule has 0 radical (unpaired) electrons. The lowest BCUT2D eigenvalue weighted by Gasteiger charge is -2.22. The van der Waals surface area contributed by atoms with Crippen LogP contribution < -0.4 is 5.32 Å². The molecule has 0 amide bonds. The van der Waals surface area contributed by atoms with E-state index in [0.29, 0.717) is 5.92 Å². The van der Waals surface area contributed by atoms with Gasteiger partial charge in [-0.05, 0) is 43.4 Å². The summed E-state index contributed by atoms with van der Waals surface area (Å²) in [4.78, 5) is 4.22. The third-order valence-electron chi connectivity index (χ3n) is 3.35. The highest BCUT2D eigenvalue weighted by Crippen LogP contribution is 2.17. The van der Waals surface area contributed by atoms with E-state index in [1.54, 1.807) is 6.33 Å². The van der Waals surface area contributed by atoms with Crippen LogP contribution in [0.3, 0.4) is 0 Å².